The molecule has 1 atom stereocenters. The Balaban J connectivity index is 1.98. The van der Waals surface area contributed by atoms with Gasteiger partial charge in [0.25, 0.3) is 5.91 Å². The third-order valence-electron chi connectivity index (χ3n) is 4.26. The maximum absolute atomic E-state index is 12.3. The molecule has 132 valence electrons. The van der Waals surface area contributed by atoms with Gasteiger partial charge in [-0.05, 0) is 41.8 Å². The summed E-state index contributed by atoms with van der Waals surface area (Å²) in [4.78, 5) is 13.9. The van der Waals surface area contributed by atoms with Gasteiger partial charge in [-0.25, -0.2) is 0 Å². The summed E-state index contributed by atoms with van der Waals surface area (Å²) in [5.41, 5.74) is 2.35. The molecule has 1 amide bonds. The third-order valence-corrected chi connectivity index (χ3v) is 4.49. The van der Waals surface area contributed by atoms with Crippen molar-refractivity contribution in [2.45, 2.75) is 26.0 Å². The van der Waals surface area contributed by atoms with E-state index in [-0.39, 0.29) is 24.8 Å². The Bertz CT molecular complexity index is 793. The fraction of sp³-hybridized carbons (Fsp3) is 0.316. The number of rotatable bonds is 3. The summed E-state index contributed by atoms with van der Waals surface area (Å²) >= 11 is 6.05. The van der Waals surface area contributed by atoms with Crippen LogP contribution in [-0.4, -0.2) is 40.3 Å². The lowest BCUT2D eigenvalue weighted by Crippen LogP contribution is -2.39. The number of nitrogens with zero attached hydrogens (tertiary/aromatic N) is 1. The first kappa shape index (κ1) is 17.6. The lowest BCUT2D eigenvalue weighted by Gasteiger charge is -2.22. The topological polar surface area (TPSA) is 70.0 Å². The number of benzene rings is 2. The van der Waals surface area contributed by atoms with Gasteiger partial charge in [0, 0.05) is 17.1 Å². The molecule has 0 aromatic heterocycles. The van der Waals surface area contributed by atoms with Crippen LogP contribution in [0.4, 0.5) is 0 Å². The van der Waals surface area contributed by atoms with Gasteiger partial charge in [0.15, 0.2) is 11.5 Å². The molecule has 1 heterocycles. The fourth-order valence-corrected chi connectivity index (χ4v) is 3.10. The molecule has 0 radical (unpaired) electrons. The van der Waals surface area contributed by atoms with Crippen molar-refractivity contribution in [1.29, 1.82) is 0 Å². The number of phenolic OH excluding ortho intramolecular Hbond substituents is 1. The molecule has 5 nitrogen and oxygen atoms in total. The molecular formula is C19H20ClNO4. The van der Waals surface area contributed by atoms with Gasteiger partial charge in [-0.1, -0.05) is 30.7 Å². The van der Waals surface area contributed by atoms with Crippen molar-refractivity contribution in [1.82, 2.24) is 4.90 Å². The van der Waals surface area contributed by atoms with E-state index in [9.17, 15) is 15.0 Å². The molecule has 25 heavy (non-hydrogen) atoms. The van der Waals surface area contributed by atoms with Crippen LogP contribution >= 0.6 is 11.6 Å². The summed E-state index contributed by atoms with van der Waals surface area (Å²) in [5, 5.41) is 20.8. The second-order valence-corrected chi connectivity index (χ2v) is 6.46. The van der Waals surface area contributed by atoms with Crippen LogP contribution in [0.1, 0.15) is 18.9 Å². The molecule has 6 heteroatoms. The van der Waals surface area contributed by atoms with Crippen LogP contribution in [0.2, 0.25) is 5.02 Å². The molecule has 0 bridgehead atoms. The average Bonchev–Trinajstić information content (AvgIpc) is 2.83. The van der Waals surface area contributed by atoms with Crippen LogP contribution in [0.3, 0.4) is 0 Å². The molecule has 1 aliphatic rings. The highest BCUT2D eigenvalue weighted by molar-refractivity contribution is 6.30. The predicted octanol–water partition coefficient (Wildman–Crippen LogP) is 3.20. The Morgan fingerprint density at radius 2 is 2.12 bits per heavy atom. The number of aliphatic hydroxyl groups excluding tert-OH is 1. The zero-order valence-electron chi connectivity index (χ0n) is 13.9. The Morgan fingerprint density at radius 3 is 2.84 bits per heavy atom. The minimum absolute atomic E-state index is 0.0258. The lowest BCUT2D eigenvalue weighted by atomic mass is 10.0. The lowest BCUT2D eigenvalue weighted by molar-refractivity contribution is -0.141. The van der Waals surface area contributed by atoms with Gasteiger partial charge in [0.2, 0.25) is 0 Å². The van der Waals surface area contributed by atoms with Crippen LogP contribution in [0.5, 0.6) is 11.5 Å². The predicted molar refractivity (Wildman–Crippen MR) is 95.8 cm³/mol. The summed E-state index contributed by atoms with van der Waals surface area (Å²) in [6.45, 7) is 2.65. The van der Waals surface area contributed by atoms with E-state index >= 15 is 0 Å². The Hall–Kier alpha value is -2.24. The van der Waals surface area contributed by atoms with E-state index in [0.29, 0.717) is 29.3 Å². The molecule has 2 aromatic rings. The molecular weight excluding hydrogens is 342 g/mol. The van der Waals surface area contributed by atoms with E-state index in [1.807, 2.05) is 24.3 Å². The van der Waals surface area contributed by atoms with Crippen LogP contribution in [-0.2, 0) is 11.3 Å². The maximum Gasteiger partial charge on any atom is 0.251 e. The van der Waals surface area contributed by atoms with Gasteiger partial charge in [-0.15, -0.1) is 0 Å². The van der Waals surface area contributed by atoms with Gasteiger partial charge in [0.1, 0.15) is 12.7 Å². The number of fused-ring (bicyclic) bond motifs is 1. The van der Waals surface area contributed by atoms with Crippen molar-refractivity contribution in [3.05, 3.63) is 47.0 Å². The monoisotopic (exact) mass is 361 g/mol. The summed E-state index contributed by atoms with van der Waals surface area (Å²) < 4.78 is 5.64. The van der Waals surface area contributed by atoms with Gasteiger partial charge >= 0.3 is 0 Å². The molecule has 3 rings (SSSR count). The highest BCUT2D eigenvalue weighted by Gasteiger charge is 2.26. The molecule has 0 spiro atoms. The van der Waals surface area contributed by atoms with Gasteiger partial charge < -0.3 is 19.8 Å². The van der Waals surface area contributed by atoms with Crippen molar-refractivity contribution in [3.8, 4) is 22.6 Å². The number of aliphatic hydroxyl groups is 1. The van der Waals surface area contributed by atoms with Crippen molar-refractivity contribution < 1.29 is 19.7 Å². The fourth-order valence-electron chi connectivity index (χ4n) is 2.91. The zero-order chi connectivity index (χ0) is 18.0. The Kier molecular flexibility index (Phi) is 5.16. The van der Waals surface area contributed by atoms with Crippen LogP contribution in [0.25, 0.3) is 11.1 Å². The number of carbonyl (C=O) groups excluding carboxylic acids is 1. The second kappa shape index (κ2) is 7.33. The first-order valence-electron chi connectivity index (χ1n) is 8.21. The normalized spacial score (nSPS) is 15.1. The SMILES string of the molecule is CC[C@@H](O)C(=O)N1CCOc2c(O)cc(-c3cccc(Cl)c3)cc2C1. The number of amides is 1. The number of phenols is 1. The minimum atomic E-state index is -1.02. The van der Waals surface area contributed by atoms with Crippen molar-refractivity contribution in [2.75, 3.05) is 13.2 Å². The van der Waals surface area contributed by atoms with Gasteiger partial charge in [-0.2, -0.15) is 0 Å². The number of hydrogen-bond donors (Lipinski definition) is 2. The van der Waals surface area contributed by atoms with E-state index in [4.69, 9.17) is 16.3 Å². The summed E-state index contributed by atoms with van der Waals surface area (Å²) in [6.07, 6.45) is -0.664. The zero-order valence-corrected chi connectivity index (χ0v) is 14.7. The standard InChI is InChI=1S/C19H20ClNO4/c1-2-16(22)19(24)21-6-7-25-18-14(11-21)8-13(10-17(18)23)12-4-3-5-15(20)9-12/h3-5,8-10,16,22-23H,2,6-7,11H2,1H3/t16-/m1/s1. The van der Waals surface area contributed by atoms with E-state index in [1.54, 1.807) is 24.0 Å². The van der Waals surface area contributed by atoms with Crippen LogP contribution < -0.4 is 4.74 Å². The van der Waals surface area contributed by atoms with Crippen molar-refractivity contribution in [2.24, 2.45) is 0 Å². The second-order valence-electron chi connectivity index (χ2n) is 6.03. The molecule has 0 fully saturated rings. The number of carbonyl (C=O) groups is 1. The number of ether oxygens (including phenoxy) is 1. The van der Waals surface area contributed by atoms with Crippen LogP contribution in [0.15, 0.2) is 36.4 Å². The van der Waals surface area contributed by atoms with Crippen molar-refractivity contribution >= 4 is 17.5 Å². The quantitative estimate of drug-likeness (QED) is 0.880. The van der Waals surface area contributed by atoms with E-state index < -0.39 is 6.10 Å². The molecule has 0 aliphatic carbocycles. The molecule has 2 aromatic carbocycles. The largest absolute Gasteiger partial charge is 0.504 e. The first-order valence-corrected chi connectivity index (χ1v) is 8.59. The molecule has 2 N–H and O–H groups in total. The number of aromatic hydroxyl groups is 1. The first-order chi connectivity index (χ1) is 12.0. The van der Waals surface area contributed by atoms with E-state index in [1.165, 1.54) is 0 Å². The smallest absolute Gasteiger partial charge is 0.251 e. The highest BCUT2D eigenvalue weighted by atomic mass is 35.5. The summed E-state index contributed by atoms with van der Waals surface area (Å²) in [6, 6.07) is 10.8. The maximum atomic E-state index is 12.3. The van der Waals surface area contributed by atoms with E-state index in [2.05, 4.69) is 0 Å². The summed E-state index contributed by atoms with van der Waals surface area (Å²) in [7, 11) is 0. The molecule has 0 saturated carbocycles. The van der Waals surface area contributed by atoms with Gasteiger partial charge in [0.05, 0.1) is 6.54 Å². The number of hydrogen-bond acceptors (Lipinski definition) is 4. The Morgan fingerprint density at radius 1 is 1.32 bits per heavy atom. The molecule has 0 saturated heterocycles. The van der Waals surface area contributed by atoms with Crippen LogP contribution in [0, 0.1) is 0 Å². The summed E-state index contributed by atoms with van der Waals surface area (Å²) in [5.74, 6) is 0.0801. The van der Waals surface area contributed by atoms with Crippen molar-refractivity contribution in [3.63, 3.8) is 0 Å². The number of halogens is 1. The van der Waals surface area contributed by atoms with Gasteiger partial charge in [-0.3, -0.25) is 4.79 Å². The molecule has 0 unspecified atom stereocenters. The van der Waals surface area contributed by atoms with E-state index in [0.717, 1.165) is 11.1 Å². The third kappa shape index (κ3) is 3.72. The highest BCUT2D eigenvalue weighted by Crippen LogP contribution is 2.38. The minimum Gasteiger partial charge on any atom is -0.504 e. The Labute approximate surface area is 151 Å². The molecule has 1 aliphatic heterocycles. The average molecular weight is 362 g/mol.